The third kappa shape index (κ3) is 2.61. The summed E-state index contributed by atoms with van der Waals surface area (Å²) in [5.41, 5.74) is 7.24. The molecule has 0 saturated carbocycles. The molecular formula is C20H19NaSi+. The molecule has 4 rings (SSSR count). The van der Waals surface area contributed by atoms with E-state index < -0.39 is 8.80 Å². The van der Waals surface area contributed by atoms with Gasteiger partial charge in [-0.05, 0) is 33.3 Å². The fraction of sp³-hybridized carbons (Fsp3) is 0.200. The van der Waals surface area contributed by atoms with Gasteiger partial charge in [0.15, 0.2) is 0 Å². The Labute approximate surface area is 156 Å². The van der Waals surface area contributed by atoms with Crippen LogP contribution in [0.3, 0.4) is 0 Å². The van der Waals surface area contributed by atoms with Gasteiger partial charge in [-0.15, -0.1) is 0 Å². The predicted octanol–water partition coefficient (Wildman–Crippen LogP) is 2.20. The maximum absolute atomic E-state index is 2.46. The molecular weight excluding hydrogens is 291 g/mol. The van der Waals surface area contributed by atoms with Crippen molar-refractivity contribution in [2.75, 3.05) is 0 Å². The Hall–Kier alpha value is -0.863. The minimum absolute atomic E-state index is 0. The second-order valence-corrected chi connectivity index (χ2v) is 8.96. The van der Waals surface area contributed by atoms with E-state index in [-0.39, 0.29) is 29.6 Å². The van der Waals surface area contributed by atoms with Crippen molar-refractivity contribution in [3.05, 3.63) is 82.9 Å². The van der Waals surface area contributed by atoms with Crippen LogP contribution < -0.4 is 29.6 Å². The first kappa shape index (κ1) is 16.0. The van der Waals surface area contributed by atoms with Gasteiger partial charge < -0.3 is 0 Å². The Morgan fingerprint density at radius 1 is 0.773 bits per heavy atom. The number of hydrogen-bond acceptors (Lipinski definition) is 0. The van der Waals surface area contributed by atoms with Gasteiger partial charge in [-0.25, -0.2) is 0 Å². The van der Waals surface area contributed by atoms with Gasteiger partial charge in [0.2, 0.25) is 0 Å². The smallest absolute Gasteiger partial charge is 0.0793 e. The third-order valence-corrected chi connectivity index (χ3v) is 8.23. The van der Waals surface area contributed by atoms with Crippen molar-refractivity contribution in [3.63, 3.8) is 0 Å². The third-order valence-electron chi connectivity index (χ3n) is 4.81. The molecule has 0 nitrogen and oxygen atoms in total. The van der Waals surface area contributed by atoms with Gasteiger partial charge in [-0.3, -0.25) is 0 Å². The van der Waals surface area contributed by atoms with Crippen LogP contribution in [0.2, 0.25) is 6.04 Å². The van der Waals surface area contributed by atoms with Gasteiger partial charge in [0.1, 0.15) is 0 Å². The summed E-state index contributed by atoms with van der Waals surface area (Å²) in [4.78, 5) is 0. The molecule has 0 bridgehead atoms. The summed E-state index contributed by atoms with van der Waals surface area (Å²) in [5, 5.41) is 0. The van der Waals surface area contributed by atoms with Crippen molar-refractivity contribution in [1.29, 1.82) is 0 Å². The Bertz CT molecular complexity index is 670. The molecule has 2 aromatic carbocycles. The molecule has 2 aromatic rings. The maximum Gasteiger partial charge on any atom is 1.00 e. The monoisotopic (exact) mass is 310 g/mol. The van der Waals surface area contributed by atoms with Crippen LogP contribution in [0.25, 0.3) is 12.2 Å². The summed E-state index contributed by atoms with van der Waals surface area (Å²) in [5.74, 6) is 0. The summed E-state index contributed by atoms with van der Waals surface area (Å²) in [7, 11) is -0.537. The van der Waals surface area contributed by atoms with E-state index >= 15 is 0 Å². The quantitative estimate of drug-likeness (QED) is 0.763. The Balaban J connectivity index is 0.00000144. The number of allylic oxidation sites excluding steroid dienone is 2. The molecule has 0 heterocycles. The molecule has 0 N–H and O–H groups in total. The van der Waals surface area contributed by atoms with Gasteiger partial charge in [-0.1, -0.05) is 85.8 Å². The number of hydrogen-bond donors (Lipinski definition) is 0. The van der Waals surface area contributed by atoms with Crippen molar-refractivity contribution < 1.29 is 29.6 Å². The van der Waals surface area contributed by atoms with Gasteiger partial charge in [0, 0.05) is 0 Å². The minimum atomic E-state index is -0.537. The average Bonchev–Trinajstić information content (AvgIpc) is 3.14. The Morgan fingerprint density at radius 3 is 1.68 bits per heavy atom. The summed E-state index contributed by atoms with van der Waals surface area (Å²) < 4.78 is 0. The van der Waals surface area contributed by atoms with E-state index in [4.69, 9.17) is 0 Å². The molecule has 2 unspecified atom stereocenters. The van der Waals surface area contributed by atoms with Crippen molar-refractivity contribution >= 4 is 20.9 Å². The van der Waals surface area contributed by atoms with E-state index in [0.717, 1.165) is 0 Å². The van der Waals surface area contributed by atoms with Crippen molar-refractivity contribution in [3.8, 4) is 0 Å². The topological polar surface area (TPSA) is 0 Å². The first-order valence-electron chi connectivity index (χ1n) is 7.78. The van der Waals surface area contributed by atoms with Crippen LogP contribution in [-0.4, -0.2) is 8.80 Å². The molecule has 0 aromatic heterocycles. The second kappa shape index (κ2) is 6.72. The number of benzene rings is 2. The van der Waals surface area contributed by atoms with Crippen molar-refractivity contribution in [2.45, 2.75) is 24.1 Å². The molecule has 2 heteroatoms. The first-order chi connectivity index (χ1) is 10.4. The fourth-order valence-corrected chi connectivity index (χ4v) is 7.06. The minimum Gasteiger partial charge on any atom is -0.0793 e. The fourth-order valence-electron chi connectivity index (χ4n) is 3.78. The molecule has 0 amide bonds. The Kier molecular flexibility index (Phi) is 4.89. The summed E-state index contributed by atoms with van der Waals surface area (Å²) in [6, 6.07) is 19.1. The largest absolute Gasteiger partial charge is 1.00 e. The summed E-state index contributed by atoms with van der Waals surface area (Å²) in [6.45, 7) is 2.37. The maximum atomic E-state index is 2.46. The number of rotatable bonds is 3. The molecule has 2 atom stereocenters. The molecule has 0 saturated heterocycles. The standard InChI is InChI=1S/C20H19Si.Na/c1-2-21(19-13-11-15-7-3-5-9-17(15)19)20-14-12-16-8-4-6-10-18(16)20;/h3-14,19-20H,2H2,1H3;/q;+1. The molecule has 0 spiro atoms. The van der Waals surface area contributed by atoms with Crippen LogP contribution in [0.5, 0.6) is 0 Å². The molecule has 0 aliphatic heterocycles. The SMILES string of the molecule is CC[Si](C1C=Cc2ccccc21)C1C=Cc2ccccc21.[Na+]. The van der Waals surface area contributed by atoms with Gasteiger partial charge in [0.05, 0.1) is 8.80 Å². The van der Waals surface area contributed by atoms with Gasteiger partial charge in [0.25, 0.3) is 0 Å². The summed E-state index contributed by atoms with van der Waals surface area (Å²) >= 11 is 0. The molecule has 103 valence electrons. The molecule has 22 heavy (non-hydrogen) atoms. The van der Waals surface area contributed by atoms with E-state index in [0.29, 0.717) is 11.1 Å². The van der Waals surface area contributed by atoms with Gasteiger partial charge >= 0.3 is 29.6 Å². The normalized spacial score (nSPS) is 20.8. The van der Waals surface area contributed by atoms with Crippen molar-refractivity contribution in [2.24, 2.45) is 0 Å². The zero-order valence-electron chi connectivity index (χ0n) is 13.3. The average molecular weight is 310 g/mol. The Morgan fingerprint density at radius 2 is 1.23 bits per heavy atom. The molecule has 0 fully saturated rings. The zero-order valence-corrected chi connectivity index (χ0v) is 16.3. The van der Waals surface area contributed by atoms with E-state index in [9.17, 15) is 0 Å². The molecule has 1 radical (unpaired) electrons. The first-order valence-corrected chi connectivity index (χ1v) is 9.64. The van der Waals surface area contributed by atoms with Crippen LogP contribution in [0, 0.1) is 0 Å². The zero-order chi connectivity index (χ0) is 14.2. The van der Waals surface area contributed by atoms with E-state index in [2.05, 4.69) is 79.8 Å². The molecule has 2 aliphatic rings. The molecule has 2 aliphatic carbocycles. The second-order valence-electron chi connectivity index (χ2n) is 5.86. The van der Waals surface area contributed by atoms with Crippen molar-refractivity contribution in [1.82, 2.24) is 0 Å². The van der Waals surface area contributed by atoms with Gasteiger partial charge in [-0.2, -0.15) is 0 Å². The van der Waals surface area contributed by atoms with Crippen LogP contribution in [0.15, 0.2) is 60.7 Å². The van der Waals surface area contributed by atoms with Crippen LogP contribution in [-0.2, 0) is 0 Å². The predicted molar refractivity (Wildman–Crippen MR) is 92.7 cm³/mol. The van der Waals surface area contributed by atoms with E-state index in [1.54, 1.807) is 11.1 Å². The van der Waals surface area contributed by atoms with Crippen LogP contribution in [0.1, 0.15) is 40.3 Å². The van der Waals surface area contributed by atoms with E-state index in [1.165, 1.54) is 17.2 Å². The number of fused-ring (bicyclic) bond motifs is 2. The van der Waals surface area contributed by atoms with E-state index in [1.807, 2.05) is 0 Å². The van der Waals surface area contributed by atoms with Crippen LogP contribution in [0.4, 0.5) is 0 Å². The summed E-state index contributed by atoms with van der Waals surface area (Å²) in [6.07, 6.45) is 9.56. The van der Waals surface area contributed by atoms with Crippen LogP contribution >= 0.6 is 0 Å².